The van der Waals surface area contributed by atoms with Gasteiger partial charge in [-0.2, -0.15) is 0 Å². The molecule has 2 aromatic carbocycles. The Morgan fingerprint density at radius 2 is 1.11 bits per heavy atom. The fraction of sp³-hybridized carbons (Fsp3) is 0.613. The lowest BCUT2D eigenvalue weighted by Crippen LogP contribution is -2.34. The molecule has 0 bridgehead atoms. The number of aliphatic hydroxyl groups excluding tert-OH is 1. The van der Waals surface area contributed by atoms with Crippen LogP contribution in [-0.4, -0.2) is 50.1 Å². The lowest BCUT2D eigenvalue weighted by molar-refractivity contribution is 0.0125. The van der Waals surface area contributed by atoms with Crippen molar-refractivity contribution >= 4 is 0 Å². The molecule has 5 nitrogen and oxygen atoms in total. The van der Waals surface area contributed by atoms with Crippen LogP contribution in [0, 0.1) is 0 Å². The van der Waals surface area contributed by atoms with Gasteiger partial charge in [-0.1, -0.05) is 89.0 Å². The summed E-state index contributed by atoms with van der Waals surface area (Å²) in [7, 11) is 3.36. The van der Waals surface area contributed by atoms with Crippen molar-refractivity contribution in [1.82, 2.24) is 4.90 Å². The quantitative estimate of drug-likeness (QED) is 0.187. The van der Waals surface area contributed by atoms with Gasteiger partial charge in [0.1, 0.15) is 11.5 Å². The van der Waals surface area contributed by atoms with Crippen LogP contribution in [0.1, 0.15) is 82.3 Å². The van der Waals surface area contributed by atoms with Crippen LogP contribution in [0.4, 0.5) is 0 Å². The van der Waals surface area contributed by atoms with Crippen LogP contribution >= 0.6 is 0 Å². The number of hydrogen-bond acceptors (Lipinski definition) is 5. The topological polar surface area (TPSA) is 51.2 Å². The minimum Gasteiger partial charge on any atom is -0.497 e. The van der Waals surface area contributed by atoms with E-state index in [9.17, 15) is 5.11 Å². The van der Waals surface area contributed by atoms with Crippen molar-refractivity contribution in [2.24, 2.45) is 0 Å². The van der Waals surface area contributed by atoms with Gasteiger partial charge in [0.2, 0.25) is 0 Å². The van der Waals surface area contributed by atoms with E-state index in [0.717, 1.165) is 37.6 Å². The largest absolute Gasteiger partial charge is 0.497 e. The maximum atomic E-state index is 10.7. The molecule has 0 saturated heterocycles. The number of unbranched alkanes of at least 4 members (excludes halogenated alkanes) is 9. The average Bonchev–Trinajstić information content (AvgIpc) is 2.90. The summed E-state index contributed by atoms with van der Waals surface area (Å²) in [5.74, 6) is 1.70. The summed E-state index contributed by atoms with van der Waals surface area (Å²) in [4.78, 5) is 2.26. The molecule has 0 amide bonds. The smallest absolute Gasteiger partial charge is 0.118 e. The summed E-state index contributed by atoms with van der Waals surface area (Å²) in [6.45, 7) is 5.40. The van der Waals surface area contributed by atoms with E-state index in [1.807, 2.05) is 24.3 Å². The zero-order valence-corrected chi connectivity index (χ0v) is 22.9. The summed E-state index contributed by atoms with van der Waals surface area (Å²) in [5, 5.41) is 10.7. The predicted octanol–water partition coefficient (Wildman–Crippen LogP) is 7.00. The van der Waals surface area contributed by atoms with Gasteiger partial charge in [0, 0.05) is 26.2 Å². The summed E-state index contributed by atoms with van der Waals surface area (Å²) >= 11 is 0. The number of methoxy groups -OCH3 is 2. The maximum absolute atomic E-state index is 10.7. The van der Waals surface area contributed by atoms with Crippen LogP contribution in [0.2, 0.25) is 0 Å². The van der Waals surface area contributed by atoms with Crippen molar-refractivity contribution < 1.29 is 19.3 Å². The van der Waals surface area contributed by atoms with Crippen molar-refractivity contribution in [3.8, 4) is 11.5 Å². The van der Waals surface area contributed by atoms with Crippen molar-refractivity contribution in [3.05, 3.63) is 59.7 Å². The van der Waals surface area contributed by atoms with E-state index in [1.165, 1.54) is 68.9 Å². The molecule has 1 unspecified atom stereocenters. The molecule has 0 aliphatic heterocycles. The number of rotatable bonds is 21. The van der Waals surface area contributed by atoms with E-state index in [0.29, 0.717) is 13.2 Å². The van der Waals surface area contributed by atoms with E-state index < -0.39 is 6.10 Å². The molecule has 1 N–H and O–H groups in total. The molecule has 0 aliphatic rings. The minimum atomic E-state index is -0.524. The van der Waals surface area contributed by atoms with E-state index in [4.69, 9.17) is 14.2 Å². The van der Waals surface area contributed by atoms with Crippen molar-refractivity contribution in [2.75, 3.05) is 34.0 Å². The molecule has 202 valence electrons. The van der Waals surface area contributed by atoms with E-state index in [-0.39, 0.29) is 0 Å². The van der Waals surface area contributed by atoms with E-state index in [2.05, 4.69) is 36.1 Å². The number of hydrogen-bond donors (Lipinski definition) is 1. The summed E-state index contributed by atoms with van der Waals surface area (Å²) in [6.07, 6.45) is 12.6. The van der Waals surface area contributed by atoms with Crippen LogP contribution in [-0.2, 0) is 17.8 Å². The summed E-state index contributed by atoms with van der Waals surface area (Å²) in [5.41, 5.74) is 2.37. The molecule has 0 fully saturated rings. The molecule has 0 radical (unpaired) electrons. The van der Waals surface area contributed by atoms with Crippen molar-refractivity contribution in [1.29, 1.82) is 0 Å². The van der Waals surface area contributed by atoms with E-state index in [1.54, 1.807) is 14.2 Å². The SMILES string of the molecule is CCCCCCCCCCCCOCC(O)CN(Cc1ccc(OC)cc1)Cc1ccc(OC)cc1. The fourth-order valence-corrected chi connectivity index (χ4v) is 4.42. The van der Waals surface area contributed by atoms with Gasteiger partial charge in [0.05, 0.1) is 26.9 Å². The molecule has 0 aliphatic carbocycles. The normalized spacial score (nSPS) is 12.1. The molecule has 5 heteroatoms. The minimum absolute atomic E-state index is 0.374. The first-order chi connectivity index (χ1) is 17.6. The third kappa shape index (κ3) is 13.3. The van der Waals surface area contributed by atoms with Gasteiger partial charge in [0.25, 0.3) is 0 Å². The van der Waals surface area contributed by atoms with Crippen LogP contribution in [0.5, 0.6) is 11.5 Å². The van der Waals surface area contributed by atoms with Gasteiger partial charge >= 0.3 is 0 Å². The molecular weight excluding hydrogens is 450 g/mol. The van der Waals surface area contributed by atoms with E-state index >= 15 is 0 Å². The summed E-state index contributed by atoms with van der Waals surface area (Å²) < 4.78 is 16.4. The van der Waals surface area contributed by atoms with Gasteiger partial charge in [-0.15, -0.1) is 0 Å². The highest BCUT2D eigenvalue weighted by Crippen LogP contribution is 2.17. The average molecular weight is 500 g/mol. The molecular formula is C31H49NO4. The molecule has 0 spiro atoms. The third-order valence-corrected chi connectivity index (χ3v) is 6.55. The molecule has 0 heterocycles. The third-order valence-electron chi connectivity index (χ3n) is 6.55. The first-order valence-corrected chi connectivity index (χ1v) is 13.9. The fourth-order valence-electron chi connectivity index (χ4n) is 4.42. The second kappa shape index (κ2) is 19.1. The maximum Gasteiger partial charge on any atom is 0.118 e. The number of benzene rings is 2. The van der Waals surface area contributed by atoms with Gasteiger partial charge in [0.15, 0.2) is 0 Å². The van der Waals surface area contributed by atoms with Gasteiger partial charge < -0.3 is 19.3 Å². The van der Waals surface area contributed by atoms with Crippen LogP contribution in [0.15, 0.2) is 48.5 Å². The molecule has 2 aromatic rings. The predicted molar refractivity (Wildman–Crippen MR) is 149 cm³/mol. The number of aliphatic hydroxyl groups is 1. The summed E-state index contributed by atoms with van der Waals surface area (Å²) in [6, 6.07) is 16.2. The molecule has 0 aromatic heterocycles. The Balaban J connectivity index is 1.70. The van der Waals surface area contributed by atoms with Gasteiger partial charge in [-0.05, 0) is 41.8 Å². The van der Waals surface area contributed by atoms with Gasteiger partial charge in [-0.3, -0.25) is 4.90 Å². The monoisotopic (exact) mass is 499 g/mol. The lowest BCUT2D eigenvalue weighted by Gasteiger charge is -2.25. The van der Waals surface area contributed by atoms with Crippen molar-refractivity contribution in [3.63, 3.8) is 0 Å². The molecule has 36 heavy (non-hydrogen) atoms. The zero-order valence-electron chi connectivity index (χ0n) is 22.9. The standard InChI is InChI=1S/C31H49NO4/c1-4-5-6-7-8-9-10-11-12-13-22-36-26-29(33)25-32(23-27-14-18-30(34-2)19-15-27)24-28-16-20-31(35-3)21-17-28/h14-21,29,33H,4-13,22-26H2,1-3H3. The van der Waals surface area contributed by atoms with Crippen LogP contribution in [0.25, 0.3) is 0 Å². The Morgan fingerprint density at radius 3 is 1.56 bits per heavy atom. The Kier molecular flexibility index (Phi) is 16.0. The van der Waals surface area contributed by atoms with Crippen LogP contribution in [0.3, 0.4) is 0 Å². The van der Waals surface area contributed by atoms with Gasteiger partial charge in [-0.25, -0.2) is 0 Å². The molecule has 1 atom stereocenters. The Labute approximate surface area is 219 Å². The highest BCUT2D eigenvalue weighted by atomic mass is 16.5. The first-order valence-electron chi connectivity index (χ1n) is 13.9. The highest BCUT2D eigenvalue weighted by Gasteiger charge is 2.14. The Bertz CT molecular complexity index is 729. The zero-order chi connectivity index (χ0) is 25.8. The van der Waals surface area contributed by atoms with Crippen molar-refractivity contribution in [2.45, 2.75) is 90.3 Å². The molecule has 0 saturated carbocycles. The highest BCUT2D eigenvalue weighted by molar-refractivity contribution is 5.28. The second-order valence-corrected chi connectivity index (χ2v) is 9.78. The van der Waals surface area contributed by atoms with Crippen LogP contribution < -0.4 is 9.47 Å². The molecule has 2 rings (SSSR count). The second-order valence-electron chi connectivity index (χ2n) is 9.78. The Morgan fingerprint density at radius 1 is 0.667 bits per heavy atom. The first kappa shape index (κ1) is 30.1. The number of nitrogens with zero attached hydrogens (tertiary/aromatic N) is 1. The number of ether oxygens (including phenoxy) is 3. The lowest BCUT2D eigenvalue weighted by atomic mass is 10.1. The Hall–Kier alpha value is -2.08.